The van der Waals surface area contributed by atoms with Gasteiger partial charge in [-0.2, -0.15) is 0 Å². The molecule has 1 N–H and O–H groups in total. The number of rotatable bonds is 5. The molecule has 0 saturated carbocycles. The molecule has 2 aromatic carbocycles. The average molecular weight is 354 g/mol. The number of para-hydroxylation sites is 1. The molecular weight excluding hydrogens is 335 g/mol. The van der Waals surface area contributed by atoms with Crippen molar-refractivity contribution in [1.29, 1.82) is 0 Å². The number of aryl methyl sites for hydroxylation is 1. The number of hydrogen-bond donors (Lipinski definition) is 1. The fourth-order valence-corrected chi connectivity index (χ4v) is 2.68. The Morgan fingerprint density at radius 1 is 1.19 bits per heavy atom. The van der Waals surface area contributed by atoms with Gasteiger partial charge in [-0.3, -0.25) is 4.79 Å². The van der Waals surface area contributed by atoms with Gasteiger partial charge in [0.1, 0.15) is 17.4 Å². The van der Waals surface area contributed by atoms with Crippen LogP contribution < -0.4 is 10.1 Å². The monoisotopic (exact) mass is 354 g/mol. The van der Waals surface area contributed by atoms with Gasteiger partial charge in [0, 0.05) is 5.56 Å². The molecule has 1 unspecified atom stereocenters. The van der Waals surface area contributed by atoms with E-state index in [2.05, 4.69) is 15.4 Å². The first-order chi connectivity index (χ1) is 12.5. The summed E-state index contributed by atoms with van der Waals surface area (Å²) in [6.07, 6.45) is 0. The van der Waals surface area contributed by atoms with Crippen LogP contribution in [0, 0.1) is 12.7 Å². The van der Waals surface area contributed by atoms with Crippen molar-refractivity contribution in [2.75, 3.05) is 7.11 Å². The second kappa shape index (κ2) is 7.35. The van der Waals surface area contributed by atoms with E-state index < -0.39 is 5.91 Å². The maximum atomic E-state index is 13.1. The number of carbonyl (C=O) groups excluding carboxylic acids is 1. The van der Waals surface area contributed by atoms with E-state index in [1.165, 1.54) is 16.8 Å². The van der Waals surface area contributed by atoms with Crippen molar-refractivity contribution in [2.45, 2.75) is 19.9 Å². The molecule has 7 heteroatoms. The zero-order chi connectivity index (χ0) is 18.7. The highest BCUT2D eigenvalue weighted by Crippen LogP contribution is 2.24. The SMILES string of the molecule is COc1ccccc1C(C)NC(=O)c1nc(C)n(-c2ccc(F)cc2)n1. The summed E-state index contributed by atoms with van der Waals surface area (Å²) in [6.45, 7) is 3.59. The Bertz CT molecular complexity index is 922. The van der Waals surface area contributed by atoms with Gasteiger partial charge in [0.05, 0.1) is 18.8 Å². The maximum Gasteiger partial charge on any atom is 0.291 e. The van der Waals surface area contributed by atoms with Gasteiger partial charge in [-0.05, 0) is 44.2 Å². The zero-order valence-electron chi connectivity index (χ0n) is 14.7. The van der Waals surface area contributed by atoms with E-state index in [4.69, 9.17) is 4.74 Å². The minimum Gasteiger partial charge on any atom is -0.496 e. The number of benzene rings is 2. The van der Waals surface area contributed by atoms with Crippen molar-refractivity contribution in [1.82, 2.24) is 20.1 Å². The fourth-order valence-electron chi connectivity index (χ4n) is 2.68. The Morgan fingerprint density at radius 3 is 2.58 bits per heavy atom. The van der Waals surface area contributed by atoms with Crippen LogP contribution in [0.2, 0.25) is 0 Å². The van der Waals surface area contributed by atoms with Crippen LogP contribution in [-0.4, -0.2) is 27.8 Å². The summed E-state index contributed by atoms with van der Waals surface area (Å²) in [5.74, 6) is 0.545. The largest absolute Gasteiger partial charge is 0.496 e. The van der Waals surface area contributed by atoms with Crippen LogP contribution in [0.5, 0.6) is 5.75 Å². The molecule has 1 aromatic heterocycles. The standard InChI is InChI=1S/C19H19FN4O2/c1-12(16-6-4-5-7-17(16)26-3)21-19(25)18-22-13(2)24(23-18)15-10-8-14(20)9-11-15/h4-12H,1-3H3,(H,21,25). The molecule has 0 saturated heterocycles. The number of nitrogens with one attached hydrogen (secondary N) is 1. The number of hydrogen-bond acceptors (Lipinski definition) is 4. The van der Waals surface area contributed by atoms with Gasteiger partial charge in [-0.15, -0.1) is 5.10 Å². The third-order valence-electron chi connectivity index (χ3n) is 4.00. The Morgan fingerprint density at radius 2 is 1.88 bits per heavy atom. The third kappa shape index (κ3) is 3.56. The second-order valence-corrected chi connectivity index (χ2v) is 5.81. The van der Waals surface area contributed by atoms with Gasteiger partial charge in [-0.1, -0.05) is 18.2 Å². The van der Waals surface area contributed by atoms with E-state index in [-0.39, 0.29) is 17.7 Å². The normalized spacial score (nSPS) is 11.8. The molecule has 0 aliphatic heterocycles. The number of ether oxygens (including phenoxy) is 1. The number of methoxy groups -OCH3 is 1. The summed E-state index contributed by atoms with van der Waals surface area (Å²) >= 11 is 0. The molecule has 0 radical (unpaired) electrons. The van der Waals surface area contributed by atoms with Crippen LogP contribution in [-0.2, 0) is 0 Å². The quantitative estimate of drug-likeness (QED) is 0.764. The Kier molecular flexibility index (Phi) is 4.97. The smallest absolute Gasteiger partial charge is 0.291 e. The predicted octanol–water partition coefficient (Wildman–Crippen LogP) is 3.21. The van der Waals surface area contributed by atoms with Crippen molar-refractivity contribution in [3.8, 4) is 11.4 Å². The number of aromatic nitrogens is 3. The van der Waals surface area contributed by atoms with Gasteiger partial charge in [0.25, 0.3) is 5.91 Å². The topological polar surface area (TPSA) is 69.0 Å². The van der Waals surface area contributed by atoms with Crippen molar-refractivity contribution in [3.05, 3.63) is 71.6 Å². The highest BCUT2D eigenvalue weighted by Gasteiger charge is 2.19. The summed E-state index contributed by atoms with van der Waals surface area (Å²) in [4.78, 5) is 16.7. The second-order valence-electron chi connectivity index (χ2n) is 5.81. The molecular formula is C19H19FN4O2. The van der Waals surface area contributed by atoms with Crippen molar-refractivity contribution >= 4 is 5.91 Å². The molecule has 3 rings (SSSR count). The molecule has 26 heavy (non-hydrogen) atoms. The van der Waals surface area contributed by atoms with Crippen LogP contribution >= 0.6 is 0 Å². The third-order valence-corrected chi connectivity index (χ3v) is 4.00. The van der Waals surface area contributed by atoms with Crippen molar-refractivity contribution in [2.24, 2.45) is 0 Å². The zero-order valence-corrected chi connectivity index (χ0v) is 14.7. The lowest BCUT2D eigenvalue weighted by Gasteiger charge is -2.16. The first kappa shape index (κ1) is 17.6. The van der Waals surface area contributed by atoms with E-state index in [0.717, 1.165) is 5.56 Å². The lowest BCUT2D eigenvalue weighted by Crippen LogP contribution is -2.28. The first-order valence-corrected chi connectivity index (χ1v) is 8.13. The molecule has 1 amide bonds. The minimum absolute atomic E-state index is 0.0496. The van der Waals surface area contributed by atoms with Crippen LogP contribution in [0.25, 0.3) is 5.69 Å². The molecule has 3 aromatic rings. The van der Waals surface area contributed by atoms with Gasteiger partial charge < -0.3 is 10.1 Å². The highest BCUT2D eigenvalue weighted by molar-refractivity contribution is 5.90. The fraction of sp³-hybridized carbons (Fsp3) is 0.211. The minimum atomic E-state index is -0.396. The lowest BCUT2D eigenvalue weighted by atomic mass is 10.1. The lowest BCUT2D eigenvalue weighted by molar-refractivity contribution is 0.0929. The number of amides is 1. The van der Waals surface area contributed by atoms with Crippen LogP contribution in [0.4, 0.5) is 4.39 Å². The number of nitrogens with zero attached hydrogens (tertiary/aromatic N) is 3. The van der Waals surface area contributed by atoms with E-state index in [1.807, 2.05) is 31.2 Å². The van der Waals surface area contributed by atoms with E-state index in [0.29, 0.717) is 17.3 Å². The molecule has 1 heterocycles. The summed E-state index contributed by atoms with van der Waals surface area (Å²) in [7, 11) is 1.59. The van der Waals surface area contributed by atoms with Gasteiger partial charge in [0.2, 0.25) is 5.82 Å². The van der Waals surface area contributed by atoms with Crippen molar-refractivity contribution in [3.63, 3.8) is 0 Å². The Balaban J connectivity index is 1.80. The molecule has 6 nitrogen and oxygen atoms in total. The predicted molar refractivity (Wildman–Crippen MR) is 94.9 cm³/mol. The summed E-state index contributed by atoms with van der Waals surface area (Å²) in [5.41, 5.74) is 1.49. The Labute approximate surface area is 150 Å². The number of halogens is 1. The highest BCUT2D eigenvalue weighted by atomic mass is 19.1. The molecule has 0 aliphatic rings. The van der Waals surface area contributed by atoms with E-state index in [9.17, 15) is 9.18 Å². The maximum absolute atomic E-state index is 13.1. The van der Waals surface area contributed by atoms with Gasteiger partial charge in [0.15, 0.2) is 0 Å². The number of carbonyl (C=O) groups is 1. The summed E-state index contributed by atoms with van der Waals surface area (Å²) in [6, 6.07) is 13.0. The molecule has 0 spiro atoms. The average Bonchev–Trinajstić information content (AvgIpc) is 3.04. The van der Waals surface area contributed by atoms with E-state index in [1.54, 1.807) is 26.2 Å². The molecule has 134 valence electrons. The molecule has 0 aliphatic carbocycles. The summed E-state index contributed by atoms with van der Waals surface area (Å²) in [5, 5.41) is 7.11. The van der Waals surface area contributed by atoms with Gasteiger partial charge in [-0.25, -0.2) is 14.1 Å². The Hall–Kier alpha value is -3.22. The first-order valence-electron chi connectivity index (χ1n) is 8.13. The molecule has 1 atom stereocenters. The summed E-state index contributed by atoms with van der Waals surface area (Å²) < 4.78 is 19.9. The van der Waals surface area contributed by atoms with Crippen LogP contribution in [0.1, 0.15) is 35.0 Å². The molecule has 0 bridgehead atoms. The van der Waals surface area contributed by atoms with Crippen LogP contribution in [0.3, 0.4) is 0 Å². The van der Waals surface area contributed by atoms with Crippen molar-refractivity contribution < 1.29 is 13.9 Å². The van der Waals surface area contributed by atoms with Gasteiger partial charge >= 0.3 is 0 Å². The van der Waals surface area contributed by atoms with Crippen LogP contribution in [0.15, 0.2) is 48.5 Å². The molecule has 0 fully saturated rings. The van der Waals surface area contributed by atoms with E-state index >= 15 is 0 Å².